The third kappa shape index (κ3) is 7.65. The maximum Gasteiger partial charge on any atom is 0.222 e. The Kier molecular flexibility index (Phi) is 8.57. The summed E-state index contributed by atoms with van der Waals surface area (Å²) in [5, 5.41) is 16.1. The Morgan fingerprint density at radius 3 is 1.38 bits per heavy atom. The summed E-state index contributed by atoms with van der Waals surface area (Å²) >= 11 is 0. The summed E-state index contributed by atoms with van der Waals surface area (Å²) in [6.07, 6.45) is 12.9. The standard InChI is InChI=1S/C19H34N2O3/c22-17(13-18(23)20-15-9-5-1-2-6-10-15)14-19(24)21-16-11-7-3-4-8-12-16/h15-17,22H,1-14H2,(H,20,23)(H,21,24). The number of hydrogen-bond acceptors (Lipinski definition) is 3. The fourth-order valence-corrected chi connectivity index (χ4v) is 3.92. The average molecular weight is 338 g/mol. The van der Waals surface area contributed by atoms with Crippen molar-refractivity contribution in [3.8, 4) is 0 Å². The number of hydrogen-bond donors (Lipinski definition) is 3. The molecule has 0 bridgehead atoms. The molecule has 0 heterocycles. The van der Waals surface area contributed by atoms with Crippen LogP contribution in [0.4, 0.5) is 0 Å². The van der Waals surface area contributed by atoms with Crippen molar-refractivity contribution in [2.75, 3.05) is 0 Å². The summed E-state index contributed by atoms with van der Waals surface area (Å²) in [5.74, 6) is -0.256. The summed E-state index contributed by atoms with van der Waals surface area (Å²) in [6.45, 7) is 0. The minimum absolute atomic E-state index is 0.0224. The van der Waals surface area contributed by atoms with E-state index in [1.165, 1.54) is 25.7 Å². The summed E-state index contributed by atoms with van der Waals surface area (Å²) in [5.41, 5.74) is 0. The zero-order valence-corrected chi connectivity index (χ0v) is 14.9. The number of nitrogens with one attached hydrogen (secondary N) is 2. The quantitative estimate of drug-likeness (QED) is 0.652. The van der Waals surface area contributed by atoms with Crippen molar-refractivity contribution in [3.63, 3.8) is 0 Å². The number of carbonyl (C=O) groups is 2. The number of amides is 2. The molecular weight excluding hydrogens is 304 g/mol. The molecular formula is C19H34N2O3. The SMILES string of the molecule is O=C(CC(O)CC(=O)NC1CCCCCC1)NC1CCCCCC1. The molecule has 0 aromatic heterocycles. The van der Waals surface area contributed by atoms with Crippen molar-refractivity contribution in [1.82, 2.24) is 10.6 Å². The lowest BCUT2D eigenvalue weighted by molar-refractivity contribution is -0.126. The molecule has 5 heteroatoms. The number of aliphatic hydroxyl groups is 1. The van der Waals surface area contributed by atoms with Crippen LogP contribution in [-0.2, 0) is 9.59 Å². The average Bonchev–Trinajstić information content (AvgIpc) is 2.91. The van der Waals surface area contributed by atoms with Crippen LogP contribution in [0.3, 0.4) is 0 Å². The van der Waals surface area contributed by atoms with Gasteiger partial charge in [-0.25, -0.2) is 0 Å². The fraction of sp³-hybridized carbons (Fsp3) is 0.895. The van der Waals surface area contributed by atoms with E-state index in [0.717, 1.165) is 51.4 Å². The molecule has 0 atom stereocenters. The van der Waals surface area contributed by atoms with E-state index >= 15 is 0 Å². The second kappa shape index (κ2) is 10.7. The minimum atomic E-state index is -0.887. The monoisotopic (exact) mass is 338 g/mol. The fourth-order valence-electron chi connectivity index (χ4n) is 3.92. The first-order valence-electron chi connectivity index (χ1n) is 9.90. The zero-order chi connectivity index (χ0) is 17.2. The lowest BCUT2D eigenvalue weighted by Crippen LogP contribution is -2.39. The minimum Gasteiger partial charge on any atom is -0.392 e. The van der Waals surface area contributed by atoms with Gasteiger partial charge in [0, 0.05) is 12.1 Å². The molecule has 0 spiro atoms. The molecule has 3 N–H and O–H groups in total. The lowest BCUT2D eigenvalue weighted by atomic mass is 10.1. The summed E-state index contributed by atoms with van der Waals surface area (Å²) in [7, 11) is 0. The highest BCUT2D eigenvalue weighted by molar-refractivity contribution is 5.80. The molecule has 24 heavy (non-hydrogen) atoms. The predicted molar refractivity (Wildman–Crippen MR) is 94.5 cm³/mol. The first kappa shape index (κ1) is 19.2. The van der Waals surface area contributed by atoms with Crippen LogP contribution >= 0.6 is 0 Å². The van der Waals surface area contributed by atoms with Gasteiger partial charge >= 0.3 is 0 Å². The zero-order valence-electron chi connectivity index (χ0n) is 14.9. The van der Waals surface area contributed by atoms with Gasteiger partial charge in [0.15, 0.2) is 0 Å². The molecule has 5 nitrogen and oxygen atoms in total. The van der Waals surface area contributed by atoms with Gasteiger partial charge in [-0.15, -0.1) is 0 Å². The Bertz CT molecular complexity index is 348. The summed E-state index contributed by atoms with van der Waals surface area (Å²) < 4.78 is 0. The highest BCUT2D eigenvalue weighted by Gasteiger charge is 2.20. The maximum absolute atomic E-state index is 12.0. The smallest absolute Gasteiger partial charge is 0.222 e. The molecule has 0 aromatic carbocycles. The van der Waals surface area contributed by atoms with E-state index < -0.39 is 6.10 Å². The predicted octanol–water partition coefficient (Wildman–Crippen LogP) is 2.81. The topological polar surface area (TPSA) is 78.4 Å². The second-order valence-corrected chi connectivity index (χ2v) is 7.57. The van der Waals surface area contributed by atoms with Crippen LogP contribution in [0, 0.1) is 0 Å². The number of carbonyl (C=O) groups excluding carboxylic acids is 2. The molecule has 0 unspecified atom stereocenters. The van der Waals surface area contributed by atoms with Crippen LogP contribution in [0.1, 0.15) is 89.9 Å². The third-order valence-electron chi connectivity index (χ3n) is 5.28. The van der Waals surface area contributed by atoms with Gasteiger partial charge in [-0.1, -0.05) is 51.4 Å². The first-order valence-corrected chi connectivity index (χ1v) is 9.90. The van der Waals surface area contributed by atoms with Crippen molar-refractivity contribution in [2.24, 2.45) is 0 Å². The van der Waals surface area contributed by atoms with Crippen LogP contribution in [0.2, 0.25) is 0 Å². The molecule has 0 saturated heterocycles. The van der Waals surface area contributed by atoms with Crippen LogP contribution in [0.5, 0.6) is 0 Å². The second-order valence-electron chi connectivity index (χ2n) is 7.57. The maximum atomic E-state index is 12.0. The highest BCUT2D eigenvalue weighted by atomic mass is 16.3. The van der Waals surface area contributed by atoms with E-state index in [0.29, 0.717) is 0 Å². The summed E-state index contributed by atoms with van der Waals surface area (Å²) in [6, 6.07) is 0.485. The van der Waals surface area contributed by atoms with E-state index in [4.69, 9.17) is 0 Å². The number of rotatable bonds is 6. The van der Waals surface area contributed by atoms with E-state index in [1.807, 2.05) is 0 Å². The van der Waals surface area contributed by atoms with Gasteiger partial charge in [0.2, 0.25) is 11.8 Å². The lowest BCUT2D eigenvalue weighted by Gasteiger charge is -2.19. The Balaban J connectivity index is 1.64. The normalized spacial score (nSPS) is 21.1. The highest BCUT2D eigenvalue weighted by Crippen LogP contribution is 2.18. The summed E-state index contributed by atoms with van der Waals surface area (Å²) in [4.78, 5) is 24.1. The van der Waals surface area contributed by atoms with Crippen molar-refractivity contribution in [2.45, 2.75) is 108 Å². The Morgan fingerprint density at radius 2 is 1.04 bits per heavy atom. The molecule has 2 amide bonds. The van der Waals surface area contributed by atoms with Gasteiger partial charge in [-0.05, 0) is 25.7 Å². The van der Waals surface area contributed by atoms with Crippen LogP contribution in [-0.4, -0.2) is 35.1 Å². The third-order valence-corrected chi connectivity index (χ3v) is 5.28. The van der Waals surface area contributed by atoms with Gasteiger partial charge in [-0.3, -0.25) is 9.59 Å². The first-order chi connectivity index (χ1) is 11.6. The van der Waals surface area contributed by atoms with Gasteiger partial charge in [0.1, 0.15) is 0 Å². The molecule has 0 radical (unpaired) electrons. The largest absolute Gasteiger partial charge is 0.392 e. The molecule has 138 valence electrons. The van der Waals surface area contributed by atoms with Crippen molar-refractivity contribution in [1.29, 1.82) is 0 Å². The van der Waals surface area contributed by atoms with E-state index in [1.54, 1.807) is 0 Å². The number of aliphatic hydroxyl groups excluding tert-OH is 1. The van der Waals surface area contributed by atoms with Crippen molar-refractivity contribution < 1.29 is 14.7 Å². The molecule has 0 aromatic rings. The van der Waals surface area contributed by atoms with Gasteiger partial charge < -0.3 is 15.7 Å². The molecule has 2 aliphatic rings. The Morgan fingerprint density at radius 1 is 0.708 bits per heavy atom. The van der Waals surface area contributed by atoms with Gasteiger partial charge in [0.25, 0.3) is 0 Å². The van der Waals surface area contributed by atoms with Crippen LogP contribution < -0.4 is 10.6 Å². The molecule has 2 fully saturated rings. The van der Waals surface area contributed by atoms with E-state index in [9.17, 15) is 14.7 Å². The Hall–Kier alpha value is -1.10. The van der Waals surface area contributed by atoms with E-state index in [-0.39, 0.29) is 36.7 Å². The van der Waals surface area contributed by atoms with Gasteiger partial charge in [-0.2, -0.15) is 0 Å². The van der Waals surface area contributed by atoms with Crippen molar-refractivity contribution >= 4 is 11.8 Å². The molecule has 0 aliphatic heterocycles. The van der Waals surface area contributed by atoms with Crippen molar-refractivity contribution in [3.05, 3.63) is 0 Å². The van der Waals surface area contributed by atoms with Gasteiger partial charge in [0.05, 0.1) is 18.9 Å². The Labute approximate surface area is 146 Å². The van der Waals surface area contributed by atoms with Crippen LogP contribution in [0.15, 0.2) is 0 Å². The van der Waals surface area contributed by atoms with Crippen LogP contribution in [0.25, 0.3) is 0 Å². The molecule has 2 rings (SSSR count). The molecule has 2 saturated carbocycles. The van der Waals surface area contributed by atoms with E-state index in [2.05, 4.69) is 10.6 Å². The molecule has 2 aliphatic carbocycles.